The van der Waals surface area contributed by atoms with Gasteiger partial charge in [-0.05, 0) is 31.6 Å². The van der Waals surface area contributed by atoms with E-state index in [4.69, 9.17) is 9.47 Å². The molecule has 1 unspecified atom stereocenters. The van der Waals surface area contributed by atoms with Gasteiger partial charge in [-0.2, -0.15) is 0 Å². The van der Waals surface area contributed by atoms with Gasteiger partial charge in [0.05, 0.1) is 13.2 Å². The van der Waals surface area contributed by atoms with Gasteiger partial charge in [0.2, 0.25) is 0 Å². The third-order valence-electron chi connectivity index (χ3n) is 3.63. The molecule has 0 spiro atoms. The highest BCUT2D eigenvalue weighted by atomic mass is 16.7. The van der Waals surface area contributed by atoms with Crippen LogP contribution in [0.15, 0.2) is 23.3 Å². The largest absolute Gasteiger partial charge is 0.350 e. The van der Waals surface area contributed by atoms with Gasteiger partial charge in [0, 0.05) is 6.42 Å². The van der Waals surface area contributed by atoms with Gasteiger partial charge in [-0.3, -0.25) is 0 Å². The molecule has 1 aliphatic carbocycles. The first-order valence-electron chi connectivity index (χ1n) is 6.76. The topological polar surface area (TPSA) is 18.5 Å². The summed E-state index contributed by atoms with van der Waals surface area (Å²) in [4.78, 5) is 0. The van der Waals surface area contributed by atoms with Crippen LogP contribution in [0.5, 0.6) is 0 Å². The molecule has 1 heterocycles. The zero-order valence-corrected chi connectivity index (χ0v) is 11.2. The normalized spacial score (nSPS) is 26.2. The van der Waals surface area contributed by atoms with Gasteiger partial charge < -0.3 is 9.47 Å². The molecule has 0 aromatic rings. The maximum Gasteiger partial charge on any atom is 0.158 e. The summed E-state index contributed by atoms with van der Waals surface area (Å²) in [7, 11) is 0. The van der Waals surface area contributed by atoms with E-state index < -0.39 is 0 Å². The van der Waals surface area contributed by atoms with Crippen LogP contribution in [0.3, 0.4) is 0 Å². The fraction of sp³-hybridized carbons (Fsp3) is 0.733. The predicted octanol–water partition coefficient (Wildman–Crippen LogP) is 3.69. The van der Waals surface area contributed by atoms with Crippen molar-refractivity contribution < 1.29 is 9.47 Å². The number of ether oxygens (including phenoxy) is 2. The van der Waals surface area contributed by atoms with Crippen molar-refractivity contribution in [2.24, 2.45) is 11.8 Å². The van der Waals surface area contributed by atoms with E-state index in [9.17, 15) is 0 Å². The van der Waals surface area contributed by atoms with Crippen molar-refractivity contribution in [3.63, 3.8) is 0 Å². The van der Waals surface area contributed by atoms with Crippen molar-refractivity contribution in [2.75, 3.05) is 13.2 Å². The second kappa shape index (κ2) is 5.83. The van der Waals surface area contributed by atoms with Gasteiger partial charge in [-0.15, -0.1) is 0 Å². The van der Waals surface area contributed by atoms with E-state index in [2.05, 4.69) is 32.9 Å². The second-order valence-electron chi connectivity index (χ2n) is 5.55. The zero-order chi connectivity index (χ0) is 12.3. The Labute approximate surface area is 105 Å². The van der Waals surface area contributed by atoms with Gasteiger partial charge in [-0.25, -0.2) is 0 Å². The van der Waals surface area contributed by atoms with Gasteiger partial charge in [-0.1, -0.05) is 37.1 Å². The summed E-state index contributed by atoms with van der Waals surface area (Å²) in [5.41, 5.74) is 2.97. The molecule has 2 rings (SSSR count). The minimum Gasteiger partial charge on any atom is -0.350 e. The standard InChI is InChI=1S/C15H24O2/c1-11(2)14-9-12(3)8-13(10-14)4-5-15-16-6-7-17-15/h8,10-11,14-15H,4-7,9H2,1-3H3. The molecule has 0 bridgehead atoms. The van der Waals surface area contributed by atoms with E-state index in [-0.39, 0.29) is 6.29 Å². The second-order valence-corrected chi connectivity index (χ2v) is 5.55. The quantitative estimate of drug-likeness (QED) is 0.741. The van der Waals surface area contributed by atoms with Crippen LogP contribution in [-0.2, 0) is 9.47 Å². The first-order valence-corrected chi connectivity index (χ1v) is 6.76. The van der Waals surface area contributed by atoms with Gasteiger partial charge in [0.25, 0.3) is 0 Å². The van der Waals surface area contributed by atoms with Crippen LogP contribution >= 0.6 is 0 Å². The summed E-state index contributed by atoms with van der Waals surface area (Å²) in [5, 5.41) is 0. The lowest BCUT2D eigenvalue weighted by Crippen LogP contribution is -2.12. The van der Waals surface area contributed by atoms with Crippen molar-refractivity contribution in [3.05, 3.63) is 23.3 Å². The number of allylic oxidation sites excluding steroid dienone is 4. The highest BCUT2D eigenvalue weighted by molar-refractivity contribution is 5.28. The fourth-order valence-corrected chi connectivity index (χ4v) is 2.57. The molecule has 2 aliphatic rings. The van der Waals surface area contributed by atoms with Crippen LogP contribution in [0, 0.1) is 11.8 Å². The van der Waals surface area contributed by atoms with E-state index in [1.807, 2.05) is 0 Å². The van der Waals surface area contributed by atoms with Gasteiger partial charge in [0.1, 0.15) is 0 Å². The van der Waals surface area contributed by atoms with Crippen molar-refractivity contribution in [2.45, 2.75) is 46.3 Å². The molecule has 1 saturated heterocycles. The molecule has 2 nitrogen and oxygen atoms in total. The molecule has 0 amide bonds. The predicted molar refractivity (Wildman–Crippen MR) is 69.7 cm³/mol. The summed E-state index contributed by atoms with van der Waals surface area (Å²) in [5.74, 6) is 1.44. The Balaban J connectivity index is 1.89. The highest BCUT2D eigenvalue weighted by Gasteiger charge is 2.19. The maximum atomic E-state index is 5.47. The summed E-state index contributed by atoms with van der Waals surface area (Å²) in [6.45, 7) is 8.37. The first kappa shape index (κ1) is 12.8. The minimum absolute atomic E-state index is 0.0315. The molecule has 17 heavy (non-hydrogen) atoms. The van der Waals surface area contributed by atoms with E-state index in [0.29, 0.717) is 5.92 Å². The van der Waals surface area contributed by atoms with Crippen molar-refractivity contribution in [1.82, 2.24) is 0 Å². The number of hydrogen-bond acceptors (Lipinski definition) is 2. The van der Waals surface area contributed by atoms with Crippen molar-refractivity contribution in [1.29, 1.82) is 0 Å². The molecule has 1 fully saturated rings. The van der Waals surface area contributed by atoms with Crippen molar-refractivity contribution >= 4 is 0 Å². The first-order chi connectivity index (χ1) is 8.15. The van der Waals surface area contributed by atoms with Crippen LogP contribution in [0.2, 0.25) is 0 Å². The summed E-state index contributed by atoms with van der Waals surface area (Å²) >= 11 is 0. The van der Waals surface area contributed by atoms with Gasteiger partial charge in [0.15, 0.2) is 6.29 Å². The average Bonchev–Trinajstić information content (AvgIpc) is 2.78. The Hall–Kier alpha value is -0.600. The Morgan fingerprint density at radius 2 is 2.00 bits per heavy atom. The van der Waals surface area contributed by atoms with Crippen LogP contribution in [0.4, 0.5) is 0 Å². The molecular weight excluding hydrogens is 212 g/mol. The Morgan fingerprint density at radius 1 is 1.29 bits per heavy atom. The molecular formula is C15H24O2. The average molecular weight is 236 g/mol. The molecule has 96 valence electrons. The van der Waals surface area contributed by atoms with E-state index >= 15 is 0 Å². The Kier molecular flexibility index (Phi) is 4.41. The summed E-state index contributed by atoms with van der Waals surface area (Å²) < 4.78 is 10.9. The summed E-state index contributed by atoms with van der Waals surface area (Å²) in [6.07, 6.45) is 8.10. The maximum absolute atomic E-state index is 5.47. The summed E-state index contributed by atoms with van der Waals surface area (Å²) in [6, 6.07) is 0. The van der Waals surface area contributed by atoms with E-state index in [1.54, 1.807) is 0 Å². The van der Waals surface area contributed by atoms with Crippen LogP contribution in [-0.4, -0.2) is 19.5 Å². The monoisotopic (exact) mass is 236 g/mol. The molecule has 0 N–H and O–H groups in total. The smallest absolute Gasteiger partial charge is 0.158 e. The van der Waals surface area contributed by atoms with Crippen LogP contribution < -0.4 is 0 Å². The third kappa shape index (κ3) is 3.68. The SMILES string of the molecule is CC1=CC(CCC2OCCO2)=CC(C(C)C)C1. The highest BCUT2D eigenvalue weighted by Crippen LogP contribution is 2.30. The molecule has 0 aromatic heterocycles. The Morgan fingerprint density at radius 3 is 2.65 bits per heavy atom. The van der Waals surface area contributed by atoms with Crippen molar-refractivity contribution in [3.8, 4) is 0 Å². The lowest BCUT2D eigenvalue weighted by atomic mass is 9.83. The lowest BCUT2D eigenvalue weighted by Gasteiger charge is -2.23. The third-order valence-corrected chi connectivity index (χ3v) is 3.63. The zero-order valence-electron chi connectivity index (χ0n) is 11.2. The fourth-order valence-electron chi connectivity index (χ4n) is 2.57. The number of rotatable bonds is 4. The number of hydrogen-bond donors (Lipinski definition) is 0. The van der Waals surface area contributed by atoms with Crippen LogP contribution in [0.25, 0.3) is 0 Å². The Bertz CT molecular complexity index is 309. The molecule has 1 aliphatic heterocycles. The van der Waals surface area contributed by atoms with Crippen LogP contribution in [0.1, 0.15) is 40.0 Å². The minimum atomic E-state index is 0.0315. The molecule has 0 saturated carbocycles. The van der Waals surface area contributed by atoms with E-state index in [0.717, 1.165) is 32.0 Å². The lowest BCUT2D eigenvalue weighted by molar-refractivity contribution is -0.0460. The molecule has 0 aromatic carbocycles. The van der Waals surface area contributed by atoms with E-state index in [1.165, 1.54) is 17.6 Å². The molecule has 0 radical (unpaired) electrons. The molecule has 1 atom stereocenters. The molecule has 2 heteroatoms. The van der Waals surface area contributed by atoms with Gasteiger partial charge >= 0.3 is 0 Å².